The van der Waals surface area contributed by atoms with Crippen molar-refractivity contribution in [2.75, 3.05) is 4.90 Å². The summed E-state index contributed by atoms with van der Waals surface area (Å²) in [6.07, 6.45) is 7.44. The van der Waals surface area contributed by atoms with Gasteiger partial charge in [0.05, 0.1) is 6.04 Å². The Hall–Kier alpha value is -5.40. The first-order valence-corrected chi connectivity index (χ1v) is 18.9. The van der Waals surface area contributed by atoms with Crippen LogP contribution in [0.3, 0.4) is 0 Å². The quantitative estimate of drug-likeness (QED) is 0.181. The topological polar surface area (TPSA) is 3.24 Å². The van der Waals surface area contributed by atoms with Gasteiger partial charge in [-0.15, -0.1) is 0 Å². The molecule has 254 valence electrons. The van der Waals surface area contributed by atoms with Crippen molar-refractivity contribution in [3.63, 3.8) is 0 Å². The van der Waals surface area contributed by atoms with E-state index in [1.807, 2.05) is 0 Å². The van der Waals surface area contributed by atoms with E-state index in [0.29, 0.717) is 0 Å². The molecule has 6 aromatic carbocycles. The summed E-state index contributed by atoms with van der Waals surface area (Å²) < 4.78 is 0. The van der Waals surface area contributed by atoms with E-state index < -0.39 is 0 Å². The average Bonchev–Trinajstić information content (AvgIpc) is 3.40. The molecule has 2 aliphatic carbocycles. The first-order valence-electron chi connectivity index (χ1n) is 18.9. The smallest absolute Gasteiger partial charge is 0.0597 e. The molecule has 4 aliphatic rings. The van der Waals surface area contributed by atoms with Gasteiger partial charge in [-0.3, -0.25) is 0 Å². The van der Waals surface area contributed by atoms with Crippen LogP contribution in [0.25, 0.3) is 39.0 Å². The van der Waals surface area contributed by atoms with Crippen molar-refractivity contribution in [3.8, 4) is 33.4 Å². The molecular weight excluding hydrogens is 627 g/mol. The summed E-state index contributed by atoms with van der Waals surface area (Å²) in [5.41, 5.74) is 20.0. The van der Waals surface area contributed by atoms with Crippen molar-refractivity contribution >= 4 is 16.9 Å². The molecule has 0 spiro atoms. The summed E-state index contributed by atoms with van der Waals surface area (Å²) in [5, 5.41) is 0. The molecule has 2 heterocycles. The number of anilines is 2. The van der Waals surface area contributed by atoms with Crippen LogP contribution in [0.5, 0.6) is 0 Å². The van der Waals surface area contributed by atoms with Crippen LogP contribution in [-0.2, 0) is 16.2 Å². The molecule has 0 amide bonds. The van der Waals surface area contributed by atoms with Gasteiger partial charge < -0.3 is 4.90 Å². The van der Waals surface area contributed by atoms with Crippen LogP contribution >= 0.6 is 0 Å². The van der Waals surface area contributed by atoms with E-state index in [0.717, 1.165) is 0 Å². The van der Waals surface area contributed by atoms with Crippen molar-refractivity contribution in [2.24, 2.45) is 5.92 Å². The zero-order chi connectivity index (χ0) is 35.6. The molecule has 2 atom stereocenters. The Morgan fingerprint density at radius 1 is 0.462 bits per heavy atom. The van der Waals surface area contributed by atoms with Gasteiger partial charge in [0, 0.05) is 33.5 Å². The second-order valence-electron chi connectivity index (χ2n) is 17.0. The van der Waals surface area contributed by atoms with Crippen molar-refractivity contribution in [1.82, 2.24) is 0 Å². The van der Waals surface area contributed by atoms with Crippen LogP contribution in [-0.4, -0.2) is 6.04 Å². The van der Waals surface area contributed by atoms with E-state index >= 15 is 0 Å². The molecule has 1 heteroatoms. The highest BCUT2D eigenvalue weighted by Crippen LogP contribution is 2.60. The van der Waals surface area contributed by atoms with E-state index in [4.69, 9.17) is 0 Å². The molecule has 10 rings (SSSR count). The Balaban J connectivity index is 1.14. The Morgan fingerprint density at radius 3 is 1.83 bits per heavy atom. The second kappa shape index (κ2) is 10.8. The fourth-order valence-corrected chi connectivity index (χ4v) is 10.1. The normalized spacial score (nSPS) is 20.6. The van der Waals surface area contributed by atoms with Gasteiger partial charge in [0.25, 0.3) is 0 Å². The van der Waals surface area contributed by atoms with Crippen LogP contribution in [0.4, 0.5) is 11.4 Å². The molecule has 0 radical (unpaired) electrons. The van der Waals surface area contributed by atoms with Gasteiger partial charge in [0.2, 0.25) is 0 Å². The number of nitrogens with zero attached hydrogens (tertiary/aromatic N) is 1. The van der Waals surface area contributed by atoms with Gasteiger partial charge in [0.1, 0.15) is 0 Å². The van der Waals surface area contributed by atoms with Crippen molar-refractivity contribution < 1.29 is 0 Å². The molecule has 0 bridgehead atoms. The lowest BCUT2D eigenvalue weighted by Crippen LogP contribution is -2.52. The van der Waals surface area contributed by atoms with Gasteiger partial charge in [-0.05, 0) is 96.6 Å². The van der Waals surface area contributed by atoms with Crippen LogP contribution in [0.1, 0.15) is 74.9 Å². The fourth-order valence-electron chi connectivity index (χ4n) is 10.1. The van der Waals surface area contributed by atoms with Gasteiger partial charge in [-0.25, -0.2) is 0 Å². The lowest BCUT2D eigenvalue weighted by molar-refractivity contribution is 0.329. The number of rotatable bonds is 3. The summed E-state index contributed by atoms with van der Waals surface area (Å²) >= 11 is 0. The number of fused-ring (bicyclic) bond motifs is 7. The highest BCUT2D eigenvalue weighted by Gasteiger charge is 2.51. The Morgan fingerprint density at radius 2 is 1.04 bits per heavy atom. The summed E-state index contributed by atoms with van der Waals surface area (Å²) in [6.45, 7) is 14.6. The molecule has 52 heavy (non-hydrogen) atoms. The van der Waals surface area contributed by atoms with Crippen molar-refractivity contribution in [2.45, 2.75) is 63.8 Å². The number of benzene rings is 6. The van der Waals surface area contributed by atoms with Gasteiger partial charge in [-0.2, -0.15) is 0 Å². The first-order chi connectivity index (χ1) is 25.0. The van der Waals surface area contributed by atoms with E-state index in [2.05, 4.69) is 198 Å². The molecule has 0 saturated heterocycles. The predicted molar refractivity (Wildman–Crippen MR) is 219 cm³/mol. The van der Waals surface area contributed by atoms with Crippen LogP contribution in [0.2, 0.25) is 0 Å². The SMILES string of the molecule is CC1(C)c2ccccc2-c2ccc(-c3cc4c5c(c3)C(C)(C)C3C=C(c6ccc(-c7ccccc7)cc6)C=CC3N5c3ccccc3C4(C)C)cc21. The summed E-state index contributed by atoms with van der Waals surface area (Å²) in [4.78, 5) is 2.69. The first kappa shape index (κ1) is 31.3. The van der Waals surface area contributed by atoms with E-state index in [9.17, 15) is 0 Å². The molecule has 0 N–H and O–H groups in total. The average molecular weight is 672 g/mol. The lowest BCUT2D eigenvalue weighted by atomic mass is 9.60. The van der Waals surface area contributed by atoms with Crippen LogP contribution in [0, 0.1) is 5.92 Å². The number of hydrogen-bond acceptors (Lipinski definition) is 1. The Kier molecular flexibility index (Phi) is 6.52. The third-order valence-corrected chi connectivity index (χ3v) is 13.1. The predicted octanol–water partition coefficient (Wildman–Crippen LogP) is 13.0. The molecule has 0 aromatic heterocycles. The molecule has 0 fully saturated rings. The largest absolute Gasteiger partial charge is 0.333 e. The molecule has 2 aliphatic heterocycles. The highest BCUT2D eigenvalue weighted by atomic mass is 15.2. The molecule has 0 saturated carbocycles. The molecular formula is C51H45N. The van der Waals surface area contributed by atoms with Crippen LogP contribution in [0.15, 0.2) is 152 Å². The van der Waals surface area contributed by atoms with Crippen LogP contribution < -0.4 is 4.90 Å². The number of allylic oxidation sites excluding steroid dienone is 2. The highest BCUT2D eigenvalue weighted by molar-refractivity contribution is 5.90. The Bertz CT molecular complexity index is 2490. The summed E-state index contributed by atoms with van der Waals surface area (Å²) in [7, 11) is 0. The summed E-state index contributed by atoms with van der Waals surface area (Å²) in [6, 6.07) is 50.4. The zero-order valence-corrected chi connectivity index (χ0v) is 31.0. The second-order valence-corrected chi connectivity index (χ2v) is 17.0. The molecule has 2 unspecified atom stereocenters. The van der Waals surface area contributed by atoms with Crippen molar-refractivity contribution in [1.29, 1.82) is 0 Å². The van der Waals surface area contributed by atoms with Gasteiger partial charge >= 0.3 is 0 Å². The maximum atomic E-state index is 2.69. The molecule has 1 nitrogen and oxygen atoms in total. The minimum Gasteiger partial charge on any atom is -0.333 e. The maximum absolute atomic E-state index is 2.69. The lowest BCUT2D eigenvalue weighted by Gasteiger charge is -2.56. The van der Waals surface area contributed by atoms with Crippen molar-refractivity contribution in [3.05, 3.63) is 185 Å². The minimum atomic E-state index is -0.151. The third kappa shape index (κ3) is 4.29. The van der Waals surface area contributed by atoms with E-state index in [1.54, 1.807) is 0 Å². The third-order valence-electron chi connectivity index (χ3n) is 13.1. The monoisotopic (exact) mass is 671 g/mol. The number of para-hydroxylation sites is 1. The molecule has 6 aromatic rings. The summed E-state index contributed by atoms with van der Waals surface area (Å²) in [5.74, 6) is 0.277. The maximum Gasteiger partial charge on any atom is 0.0597 e. The number of hydrogen-bond donors (Lipinski definition) is 0. The minimum absolute atomic E-state index is 0.0408. The van der Waals surface area contributed by atoms with E-state index in [-0.39, 0.29) is 28.2 Å². The zero-order valence-electron chi connectivity index (χ0n) is 31.0. The van der Waals surface area contributed by atoms with Gasteiger partial charge in [0.15, 0.2) is 0 Å². The fraction of sp³-hybridized carbons (Fsp3) is 0.216. The Labute approximate surface area is 309 Å². The van der Waals surface area contributed by atoms with Gasteiger partial charge in [-0.1, -0.05) is 169 Å². The van der Waals surface area contributed by atoms with E-state index in [1.165, 1.54) is 83.7 Å². The standard InChI is InChI=1S/C51H45N/c1-49(2)40-17-11-10-16-38(40)39-26-24-36(28-42(39)49)37-30-44-48-45(31-37)51(5,6)43-29-35(34-22-20-33(21-23-34)32-14-8-7-9-15-32)25-27-47(43)52(48)46-19-13-12-18-41(46)50(44,3)4/h7-31,43,47H,1-6H3.